The monoisotopic (exact) mass is 322 g/mol. The first-order valence-electron chi connectivity index (χ1n) is 7.24. The van der Waals surface area contributed by atoms with Crippen molar-refractivity contribution in [1.82, 2.24) is 9.88 Å². The Balaban J connectivity index is 1.87. The average molecular weight is 322 g/mol. The van der Waals surface area contributed by atoms with Crippen LogP contribution < -0.4 is 0 Å². The lowest BCUT2D eigenvalue weighted by molar-refractivity contribution is -0.0152. The van der Waals surface area contributed by atoms with Crippen molar-refractivity contribution < 1.29 is 19.1 Å². The summed E-state index contributed by atoms with van der Waals surface area (Å²) in [5.41, 5.74) is 1.88. The SMILES string of the molecule is C[C@@H](O)C[C@@H]1COCCN1C(=O)c1ccc2[nH]c(=S)oc2c1. The highest BCUT2D eigenvalue weighted by Gasteiger charge is 2.29. The molecule has 22 heavy (non-hydrogen) atoms. The first-order chi connectivity index (χ1) is 10.5. The van der Waals surface area contributed by atoms with Gasteiger partial charge in [-0.05, 0) is 43.8 Å². The molecular weight excluding hydrogens is 304 g/mol. The lowest BCUT2D eigenvalue weighted by Gasteiger charge is -2.36. The van der Waals surface area contributed by atoms with Gasteiger partial charge in [-0.3, -0.25) is 4.79 Å². The smallest absolute Gasteiger partial charge is 0.266 e. The van der Waals surface area contributed by atoms with Gasteiger partial charge >= 0.3 is 0 Å². The van der Waals surface area contributed by atoms with Crippen molar-refractivity contribution >= 4 is 29.2 Å². The third kappa shape index (κ3) is 3.06. The Morgan fingerprint density at radius 3 is 3.18 bits per heavy atom. The number of aromatic amines is 1. The number of ether oxygens (including phenoxy) is 1. The molecule has 2 aromatic rings. The normalized spacial score (nSPS) is 20.3. The van der Waals surface area contributed by atoms with Gasteiger partial charge in [0.05, 0.1) is 30.9 Å². The van der Waals surface area contributed by atoms with Crippen LogP contribution in [0.2, 0.25) is 0 Å². The maximum atomic E-state index is 12.8. The van der Waals surface area contributed by atoms with E-state index >= 15 is 0 Å². The molecule has 0 unspecified atom stereocenters. The third-order valence-electron chi connectivity index (χ3n) is 3.77. The van der Waals surface area contributed by atoms with Crippen molar-refractivity contribution in [3.05, 3.63) is 28.6 Å². The average Bonchev–Trinajstić information content (AvgIpc) is 2.85. The number of hydrogen-bond donors (Lipinski definition) is 2. The Morgan fingerprint density at radius 1 is 1.59 bits per heavy atom. The molecule has 7 heteroatoms. The van der Waals surface area contributed by atoms with Crippen LogP contribution in [0.15, 0.2) is 22.6 Å². The second-order valence-electron chi connectivity index (χ2n) is 5.54. The van der Waals surface area contributed by atoms with Crippen molar-refractivity contribution in [2.75, 3.05) is 19.8 Å². The highest BCUT2D eigenvalue weighted by molar-refractivity contribution is 7.71. The number of aromatic nitrogens is 1. The maximum Gasteiger partial charge on any atom is 0.266 e. The fourth-order valence-corrected chi connectivity index (χ4v) is 2.96. The van der Waals surface area contributed by atoms with Crippen LogP contribution in [0.1, 0.15) is 23.7 Å². The van der Waals surface area contributed by atoms with Gasteiger partial charge < -0.3 is 24.1 Å². The van der Waals surface area contributed by atoms with Gasteiger partial charge in [0, 0.05) is 12.1 Å². The molecule has 1 aliphatic rings. The van der Waals surface area contributed by atoms with E-state index in [0.29, 0.717) is 37.3 Å². The summed E-state index contributed by atoms with van der Waals surface area (Å²) in [4.78, 5) is 17.7. The van der Waals surface area contributed by atoms with Gasteiger partial charge in [0.25, 0.3) is 10.7 Å². The van der Waals surface area contributed by atoms with E-state index in [1.54, 1.807) is 30.0 Å². The maximum absolute atomic E-state index is 12.8. The molecule has 0 spiro atoms. The Labute approximate surface area is 132 Å². The zero-order chi connectivity index (χ0) is 15.7. The van der Waals surface area contributed by atoms with Crippen molar-refractivity contribution in [3.8, 4) is 0 Å². The van der Waals surface area contributed by atoms with Crippen molar-refractivity contribution in [3.63, 3.8) is 0 Å². The highest BCUT2D eigenvalue weighted by Crippen LogP contribution is 2.20. The molecule has 1 fully saturated rings. The molecule has 1 aliphatic heterocycles. The largest absolute Gasteiger partial charge is 0.429 e. The van der Waals surface area contributed by atoms with Crippen molar-refractivity contribution in [2.45, 2.75) is 25.5 Å². The number of benzene rings is 1. The Hall–Kier alpha value is -1.70. The molecular formula is C15H18N2O4S. The molecule has 1 aromatic carbocycles. The van der Waals surface area contributed by atoms with Crippen LogP contribution in [-0.4, -0.2) is 52.8 Å². The molecule has 0 bridgehead atoms. The lowest BCUT2D eigenvalue weighted by atomic mass is 10.1. The zero-order valence-corrected chi connectivity index (χ0v) is 13.1. The molecule has 118 valence electrons. The van der Waals surface area contributed by atoms with Gasteiger partial charge in [0.2, 0.25) is 0 Å². The van der Waals surface area contributed by atoms with Gasteiger partial charge in [-0.1, -0.05) is 0 Å². The van der Waals surface area contributed by atoms with Gasteiger partial charge in [-0.15, -0.1) is 0 Å². The number of rotatable bonds is 3. The molecule has 0 radical (unpaired) electrons. The van der Waals surface area contributed by atoms with Crippen LogP contribution in [0.5, 0.6) is 0 Å². The van der Waals surface area contributed by atoms with E-state index in [1.165, 1.54) is 0 Å². The summed E-state index contributed by atoms with van der Waals surface area (Å²) >= 11 is 4.95. The number of nitrogens with one attached hydrogen (secondary N) is 1. The van der Waals surface area contributed by atoms with Gasteiger partial charge in [0.1, 0.15) is 0 Å². The number of carbonyl (C=O) groups excluding carboxylic acids is 1. The molecule has 2 atom stereocenters. The number of aliphatic hydroxyl groups excluding tert-OH is 1. The molecule has 2 heterocycles. The number of morpholine rings is 1. The van der Waals surface area contributed by atoms with Gasteiger partial charge in [-0.2, -0.15) is 0 Å². The summed E-state index contributed by atoms with van der Waals surface area (Å²) in [6.45, 7) is 3.19. The predicted molar refractivity (Wildman–Crippen MR) is 83.3 cm³/mol. The minimum absolute atomic E-state index is 0.0850. The fraction of sp³-hybridized carbons (Fsp3) is 0.467. The summed E-state index contributed by atoms with van der Waals surface area (Å²) in [5, 5.41) is 9.59. The van der Waals surface area contributed by atoms with Gasteiger partial charge in [0.15, 0.2) is 5.58 Å². The third-order valence-corrected chi connectivity index (χ3v) is 3.95. The molecule has 0 saturated carbocycles. The number of hydrogen-bond acceptors (Lipinski definition) is 5. The Morgan fingerprint density at radius 2 is 2.41 bits per heavy atom. The quantitative estimate of drug-likeness (QED) is 0.846. The van der Waals surface area contributed by atoms with E-state index in [-0.39, 0.29) is 16.8 Å². The summed E-state index contributed by atoms with van der Waals surface area (Å²) in [6.07, 6.45) is 0.0191. The topological polar surface area (TPSA) is 78.7 Å². The molecule has 3 rings (SSSR count). The van der Waals surface area contributed by atoms with E-state index in [1.807, 2.05) is 0 Å². The number of carbonyl (C=O) groups is 1. The Kier molecular flexibility index (Phi) is 4.28. The van der Waals surface area contributed by atoms with E-state index in [4.69, 9.17) is 21.4 Å². The summed E-state index contributed by atoms with van der Waals surface area (Å²) < 4.78 is 10.8. The lowest BCUT2D eigenvalue weighted by Crippen LogP contribution is -2.49. The minimum atomic E-state index is -0.480. The van der Waals surface area contributed by atoms with Crippen molar-refractivity contribution in [1.29, 1.82) is 0 Å². The van der Waals surface area contributed by atoms with Crippen molar-refractivity contribution in [2.24, 2.45) is 0 Å². The molecule has 1 aromatic heterocycles. The molecule has 1 amide bonds. The van der Waals surface area contributed by atoms with Crippen LogP contribution in [0.3, 0.4) is 0 Å². The minimum Gasteiger partial charge on any atom is -0.429 e. The first-order valence-corrected chi connectivity index (χ1v) is 7.65. The van der Waals surface area contributed by atoms with Crippen LogP contribution >= 0.6 is 12.2 Å². The van der Waals surface area contributed by atoms with Gasteiger partial charge in [-0.25, -0.2) is 0 Å². The molecule has 1 saturated heterocycles. The number of H-pyrrole nitrogens is 1. The molecule has 0 aliphatic carbocycles. The molecule has 2 N–H and O–H groups in total. The van der Waals surface area contributed by atoms with Crippen LogP contribution in [0.25, 0.3) is 11.1 Å². The first kappa shape index (κ1) is 15.2. The van der Waals surface area contributed by atoms with Crippen LogP contribution in [0, 0.1) is 4.84 Å². The second kappa shape index (κ2) is 6.20. The van der Waals surface area contributed by atoms with E-state index in [0.717, 1.165) is 5.52 Å². The summed E-state index contributed by atoms with van der Waals surface area (Å²) in [6, 6.07) is 5.11. The predicted octanol–water partition coefficient (Wildman–Crippen LogP) is 2.10. The fourth-order valence-electron chi connectivity index (χ4n) is 2.76. The number of amides is 1. The highest BCUT2D eigenvalue weighted by atomic mass is 32.1. The molecule has 6 nitrogen and oxygen atoms in total. The summed E-state index contributed by atoms with van der Waals surface area (Å²) in [5.74, 6) is -0.0850. The summed E-state index contributed by atoms with van der Waals surface area (Å²) in [7, 11) is 0. The number of fused-ring (bicyclic) bond motifs is 1. The number of aliphatic hydroxyl groups is 1. The van der Waals surface area contributed by atoms with E-state index in [9.17, 15) is 9.90 Å². The van der Waals surface area contributed by atoms with Crippen LogP contribution in [-0.2, 0) is 4.74 Å². The zero-order valence-electron chi connectivity index (χ0n) is 12.2. The van der Waals surface area contributed by atoms with E-state index in [2.05, 4.69) is 4.98 Å². The van der Waals surface area contributed by atoms with Crippen LogP contribution in [0.4, 0.5) is 0 Å². The number of oxazole rings is 1. The van der Waals surface area contributed by atoms with E-state index < -0.39 is 6.10 Å². The second-order valence-corrected chi connectivity index (χ2v) is 5.91. The number of nitrogens with zero attached hydrogens (tertiary/aromatic N) is 1. The standard InChI is InChI=1S/C15H18N2O4S/c1-9(18)6-11-8-20-5-4-17(11)14(19)10-2-3-12-13(7-10)21-15(22)16-12/h2-3,7,9,11,18H,4-6,8H2,1H3,(H,16,22)/t9-,11-/m1/s1. The Bertz CT molecular complexity index is 736.